The first kappa shape index (κ1) is 62.5. The maximum absolute atomic E-state index is 12.7. The second kappa shape index (κ2) is 27.2. The lowest BCUT2D eigenvalue weighted by atomic mass is 9.93. The van der Waals surface area contributed by atoms with Gasteiger partial charge in [-0.25, -0.2) is 0 Å². The SMILES string of the molecule is CC(=O)N[C@H]1[C@H](O[C@H]2[C@@H](O)[C@@H](CO)O[C@@H](O[C@H]3[C@H](O)[C@@H](O)[C@H](O)O[C@@H]3CO)[C@@H]2O)O[C@H](CO)[C@@H](O[C@@H]2O[C@H](CO)[C@H](O)[C@H](O[C@@H]3O[C@H](CO)[C@H](O)[C@H](O[C@H]4O[C@H](CO)[C@H](O)[C@H](O)[C@H]4NC(C)=O)[C@H]3NC(C)=O)[C@H]2O)[C@@H]1O. The first-order valence-electron chi connectivity index (χ1n) is 24.1. The number of amides is 3. The van der Waals surface area contributed by atoms with Crippen molar-refractivity contribution in [1.29, 1.82) is 0 Å². The first-order chi connectivity index (χ1) is 35.9. The number of ether oxygens (including phenoxy) is 11. The van der Waals surface area contributed by atoms with Crippen LogP contribution in [0.5, 0.6) is 0 Å². The molecule has 6 fully saturated rings. The molecule has 6 saturated heterocycles. The van der Waals surface area contributed by atoms with Crippen LogP contribution in [0.25, 0.3) is 0 Å². The van der Waals surface area contributed by atoms with Crippen LogP contribution < -0.4 is 16.0 Å². The van der Waals surface area contributed by atoms with Gasteiger partial charge in [0.15, 0.2) is 37.7 Å². The maximum atomic E-state index is 12.7. The number of carbonyl (C=O) groups is 3. The molecular weight excluding hydrogens is 1040 g/mol. The quantitative estimate of drug-likeness (QED) is 0.0571. The Morgan fingerprint density at radius 2 is 0.618 bits per heavy atom. The van der Waals surface area contributed by atoms with Crippen molar-refractivity contribution >= 4 is 17.7 Å². The van der Waals surface area contributed by atoms with Gasteiger partial charge in [-0.1, -0.05) is 0 Å². The monoisotopic (exact) mass is 1110 g/mol. The van der Waals surface area contributed by atoms with E-state index in [0.717, 1.165) is 20.8 Å². The molecule has 0 aromatic rings. The molecule has 6 heterocycles. The molecule has 6 rings (SSSR count). The predicted molar refractivity (Wildman–Crippen MR) is 234 cm³/mol. The molecular formula is C42H71N3O31. The Morgan fingerprint density at radius 3 is 1.04 bits per heavy atom. The molecule has 6 aliphatic heterocycles. The number of hydrogen-bond acceptors (Lipinski definition) is 31. The summed E-state index contributed by atoms with van der Waals surface area (Å²) in [5.41, 5.74) is 0. The van der Waals surface area contributed by atoms with Gasteiger partial charge < -0.3 is 155 Å². The van der Waals surface area contributed by atoms with E-state index in [1.54, 1.807) is 0 Å². The van der Waals surface area contributed by atoms with Crippen LogP contribution >= 0.6 is 0 Å². The van der Waals surface area contributed by atoms with E-state index in [4.69, 9.17) is 52.1 Å². The zero-order chi connectivity index (χ0) is 56.2. The van der Waals surface area contributed by atoms with Crippen LogP contribution in [0.4, 0.5) is 0 Å². The van der Waals surface area contributed by atoms with E-state index in [1.807, 2.05) is 0 Å². The van der Waals surface area contributed by atoms with Crippen LogP contribution in [-0.4, -0.2) is 328 Å². The van der Waals surface area contributed by atoms with Gasteiger partial charge in [0.05, 0.1) is 39.6 Å². The third kappa shape index (κ3) is 13.5. The number of carbonyl (C=O) groups excluding carboxylic acids is 3. The van der Waals surface area contributed by atoms with E-state index in [1.165, 1.54) is 0 Å². The van der Waals surface area contributed by atoms with E-state index in [0.29, 0.717) is 0 Å². The minimum Gasteiger partial charge on any atom is -0.394 e. The van der Waals surface area contributed by atoms with E-state index in [9.17, 15) is 101 Å². The summed E-state index contributed by atoms with van der Waals surface area (Å²) >= 11 is 0. The summed E-state index contributed by atoms with van der Waals surface area (Å²) in [5, 5.41) is 190. The fraction of sp³-hybridized carbons (Fsp3) is 0.929. The minimum atomic E-state index is -2.24. The van der Waals surface area contributed by atoms with Crippen LogP contribution in [-0.2, 0) is 66.5 Å². The number of aliphatic hydroxyl groups excluding tert-OH is 17. The molecule has 3 amide bonds. The Bertz CT molecular complexity index is 1870. The van der Waals surface area contributed by atoms with Gasteiger partial charge in [0.2, 0.25) is 17.7 Å². The lowest BCUT2D eigenvalue weighted by Gasteiger charge is -2.51. The highest BCUT2D eigenvalue weighted by Gasteiger charge is 2.58. The smallest absolute Gasteiger partial charge is 0.217 e. The van der Waals surface area contributed by atoms with Crippen molar-refractivity contribution in [2.75, 3.05) is 39.6 Å². The molecule has 440 valence electrons. The molecule has 30 atom stereocenters. The van der Waals surface area contributed by atoms with Crippen molar-refractivity contribution < 1.29 is 153 Å². The Kier molecular flexibility index (Phi) is 22.3. The summed E-state index contributed by atoms with van der Waals surface area (Å²) < 4.78 is 63.2. The minimum absolute atomic E-state index is 0.754. The maximum Gasteiger partial charge on any atom is 0.217 e. The number of aliphatic hydroxyl groups is 17. The van der Waals surface area contributed by atoms with Crippen LogP contribution in [0.1, 0.15) is 20.8 Å². The normalized spacial score (nSPS) is 48.2. The molecule has 0 radical (unpaired) electrons. The number of nitrogens with one attached hydrogen (secondary N) is 3. The summed E-state index contributed by atoms with van der Waals surface area (Å²) in [5.74, 6) is -2.46. The van der Waals surface area contributed by atoms with Crippen molar-refractivity contribution in [3.8, 4) is 0 Å². The summed E-state index contributed by atoms with van der Waals surface area (Å²) in [7, 11) is 0. The Labute approximate surface area is 431 Å². The predicted octanol–water partition coefficient (Wildman–Crippen LogP) is -13.7. The molecule has 0 bridgehead atoms. The van der Waals surface area contributed by atoms with Crippen molar-refractivity contribution in [3.05, 3.63) is 0 Å². The molecule has 0 aromatic heterocycles. The lowest BCUT2D eigenvalue weighted by Crippen LogP contribution is -2.71. The molecule has 20 N–H and O–H groups in total. The van der Waals surface area contributed by atoms with Crippen molar-refractivity contribution in [2.45, 2.75) is 205 Å². The average molecular weight is 1110 g/mol. The van der Waals surface area contributed by atoms with Gasteiger partial charge in [0.1, 0.15) is 146 Å². The summed E-state index contributed by atoms with van der Waals surface area (Å²) in [6.07, 6.45) is -51.2. The van der Waals surface area contributed by atoms with Gasteiger partial charge in [0, 0.05) is 20.8 Å². The molecule has 34 heteroatoms. The highest BCUT2D eigenvalue weighted by molar-refractivity contribution is 5.74. The van der Waals surface area contributed by atoms with Crippen LogP contribution in [0.3, 0.4) is 0 Å². The van der Waals surface area contributed by atoms with E-state index in [-0.39, 0.29) is 0 Å². The standard InChI is InChI=1S/C42H71N3O31/c1-10(52)43-19-26(59)22(55)13(4-46)67-38(19)74-34-21(45-12(3)54)40(68-14(5-47)23(34)56)76-36-25(58)16(7-49)69-41(31(36)64)72-32-18(9-51)71-39(20(27(32)60)44-11(2)53)75-35-24(57)15(6-48)70-42(30(35)63)73-33-17(8-50)66-37(65)29(62)28(33)61/h13-42,46-51,55-65H,4-9H2,1-3H3,(H,43,52)(H,44,53)(H,45,54)/t13-,14-,15-,16-,17-,18-,19-,20-,21-,22+,23+,24+,25+,26-,27-,28-,29-,30-,31-,32-,33-,34-,35+,36+,37-,38-,39+,40+,41+,42+/m1/s1. The van der Waals surface area contributed by atoms with Crippen LogP contribution in [0.2, 0.25) is 0 Å². The highest BCUT2D eigenvalue weighted by Crippen LogP contribution is 2.37. The second-order valence-corrected chi connectivity index (χ2v) is 19.0. The van der Waals surface area contributed by atoms with Gasteiger partial charge in [-0.05, 0) is 0 Å². The second-order valence-electron chi connectivity index (χ2n) is 19.0. The van der Waals surface area contributed by atoms with Crippen LogP contribution in [0.15, 0.2) is 0 Å². The highest BCUT2D eigenvalue weighted by atomic mass is 16.8. The molecule has 76 heavy (non-hydrogen) atoms. The molecule has 0 spiro atoms. The van der Waals surface area contributed by atoms with Gasteiger partial charge in [-0.3, -0.25) is 14.4 Å². The zero-order valence-corrected chi connectivity index (χ0v) is 40.9. The van der Waals surface area contributed by atoms with E-state index in [2.05, 4.69) is 16.0 Å². The molecule has 0 saturated carbocycles. The Morgan fingerprint density at radius 1 is 0.316 bits per heavy atom. The molecule has 0 unspecified atom stereocenters. The molecule has 34 nitrogen and oxygen atoms in total. The van der Waals surface area contributed by atoms with Gasteiger partial charge in [-0.15, -0.1) is 0 Å². The van der Waals surface area contributed by atoms with E-state index < -0.39 is 241 Å². The lowest BCUT2D eigenvalue weighted by molar-refractivity contribution is -0.385. The van der Waals surface area contributed by atoms with Crippen molar-refractivity contribution in [1.82, 2.24) is 16.0 Å². The fourth-order valence-electron chi connectivity index (χ4n) is 9.72. The van der Waals surface area contributed by atoms with Crippen molar-refractivity contribution in [2.24, 2.45) is 0 Å². The molecule has 0 aromatic carbocycles. The largest absolute Gasteiger partial charge is 0.394 e. The summed E-state index contributed by atoms with van der Waals surface area (Å²) in [4.78, 5) is 37.5. The summed E-state index contributed by atoms with van der Waals surface area (Å²) in [6.45, 7) is -2.81. The number of rotatable bonds is 19. The third-order valence-corrected chi connectivity index (χ3v) is 13.6. The van der Waals surface area contributed by atoms with Gasteiger partial charge >= 0.3 is 0 Å². The zero-order valence-electron chi connectivity index (χ0n) is 40.9. The molecule has 6 aliphatic rings. The number of hydrogen-bond donors (Lipinski definition) is 20. The Balaban J connectivity index is 1.24. The first-order valence-corrected chi connectivity index (χ1v) is 24.1. The fourth-order valence-corrected chi connectivity index (χ4v) is 9.72. The van der Waals surface area contributed by atoms with E-state index >= 15 is 0 Å². The van der Waals surface area contributed by atoms with Gasteiger partial charge in [-0.2, -0.15) is 0 Å². The van der Waals surface area contributed by atoms with Crippen LogP contribution in [0, 0.1) is 0 Å². The topological polar surface area (TPSA) is 533 Å². The van der Waals surface area contributed by atoms with Crippen molar-refractivity contribution in [3.63, 3.8) is 0 Å². The summed E-state index contributed by atoms with van der Waals surface area (Å²) in [6, 6.07) is -5.14. The third-order valence-electron chi connectivity index (χ3n) is 13.6. The molecule has 0 aliphatic carbocycles. The average Bonchev–Trinajstić information content (AvgIpc) is 3.37. The van der Waals surface area contributed by atoms with Gasteiger partial charge in [0.25, 0.3) is 0 Å². The Hall–Kier alpha value is -2.71.